The van der Waals surface area contributed by atoms with E-state index in [4.69, 9.17) is 4.74 Å². The maximum atomic E-state index is 5.07. The Kier molecular flexibility index (Phi) is 2.18. The van der Waals surface area contributed by atoms with Gasteiger partial charge in [-0.05, 0) is 31.2 Å². The predicted molar refractivity (Wildman–Crippen MR) is 52.6 cm³/mol. The first-order valence-corrected chi connectivity index (χ1v) is 4.33. The second kappa shape index (κ2) is 3.49. The first-order chi connectivity index (χ1) is 6.81. The molecule has 4 heteroatoms. The zero-order chi connectivity index (χ0) is 9.97. The van der Waals surface area contributed by atoms with E-state index in [1.54, 1.807) is 18.0 Å². The second-order valence-electron chi connectivity index (χ2n) is 2.99. The molecule has 0 fully saturated rings. The lowest BCUT2D eigenvalue weighted by atomic mass is 10.3. The van der Waals surface area contributed by atoms with Crippen LogP contribution in [0, 0.1) is 6.92 Å². The van der Waals surface area contributed by atoms with Crippen LogP contribution in [0.1, 0.15) is 5.69 Å². The maximum Gasteiger partial charge on any atom is 0.119 e. The lowest BCUT2D eigenvalue weighted by Gasteiger charge is -2.03. The summed E-state index contributed by atoms with van der Waals surface area (Å²) in [5.74, 6) is 0.839. The number of hydrogen-bond donors (Lipinski definition) is 0. The quantitative estimate of drug-likeness (QED) is 0.720. The fraction of sp³-hybridized carbons (Fsp3) is 0.200. The Bertz CT molecular complexity index is 419. The van der Waals surface area contributed by atoms with Crippen LogP contribution in [0.3, 0.4) is 0 Å². The van der Waals surface area contributed by atoms with Gasteiger partial charge in [-0.2, -0.15) is 0 Å². The fourth-order valence-electron chi connectivity index (χ4n) is 1.26. The van der Waals surface area contributed by atoms with E-state index in [1.807, 2.05) is 31.2 Å². The van der Waals surface area contributed by atoms with E-state index in [1.165, 1.54) is 0 Å². The van der Waals surface area contributed by atoms with Gasteiger partial charge in [-0.1, -0.05) is 5.21 Å². The standard InChI is InChI=1S/C10H11N3O/c1-8-7-11-12-13(8)9-3-5-10(14-2)6-4-9/h3-7H,1-2H3. The minimum atomic E-state index is 0.839. The number of aryl methyl sites for hydroxylation is 1. The zero-order valence-corrected chi connectivity index (χ0v) is 8.14. The molecule has 0 radical (unpaired) electrons. The van der Waals surface area contributed by atoms with Crippen LogP contribution in [-0.4, -0.2) is 22.1 Å². The minimum Gasteiger partial charge on any atom is -0.497 e. The van der Waals surface area contributed by atoms with Crippen molar-refractivity contribution in [3.05, 3.63) is 36.2 Å². The van der Waals surface area contributed by atoms with Gasteiger partial charge in [0.15, 0.2) is 0 Å². The monoisotopic (exact) mass is 189 g/mol. The molecular weight excluding hydrogens is 178 g/mol. The topological polar surface area (TPSA) is 39.9 Å². The Hall–Kier alpha value is -1.84. The third-order valence-electron chi connectivity index (χ3n) is 2.04. The summed E-state index contributed by atoms with van der Waals surface area (Å²) in [6, 6.07) is 7.69. The Labute approximate surface area is 82.1 Å². The van der Waals surface area contributed by atoms with Crippen LogP contribution in [0.5, 0.6) is 5.75 Å². The molecule has 0 spiro atoms. The van der Waals surface area contributed by atoms with E-state index in [0.717, 1.165) is 17.1 Å². The first kappa shape index (κ1) is 8.74. The summed E-state index contributed by atoms with van der Waals surface area (Å²) in [6.45, 7) is 1.96. The van der Waals surface area contributed by atoms with Gasteiger partial charge < -0.3 is 4.74 Å². The third kappa shape index (κ3) is 1.46. The Morgan fingerprint density at radius 1 is 1.21 bits per heavy atom. The number of benzene rings is 1. The molecule has 0 atom stereocenters. The SMILES string of the molecule is COc1ccc(-n2nncc2C)cc1. The highest BCUT2D eigenvalue weighted by Crippen LogP contribution is 2.14. The molecule has 2 aromatic rings. The molecule has 0 aliphatic heterocycles. The largest absolute Gasteiger partial charge is 0.497 e. The van der Waals surface area contributed by atoms with Gasteiger partial charge in [0.2, 0.25) is 0 Å². The summed E-state index contributed by atoms with van der Waals surface area (Å²) in [4.78, 5) is 0. The number of aromatic nitrogens is 3. The van der Waals surface area contributed by atoms with Crippen LogP contribution in [0.2, 0.25) is 0 Å². The molecule has 72 valence electrons. The van der Waals surface area contributed by atoms with Crippen molar-refractivity contribution in [1.29, 1.82) is 0 Å². The molecule has 0 unspecified atom stereocenters. The molecule has 0 saturated carbocycles. The number of nitrogens with zero attached hydrogens (tertiary/aromatic N) is 3. The molecular formula is C10H11N3O. The molecule has 1 aromatic carbocycles. The maximum absolute atomic E-state index is 5.07. The predicted octanol–water partition coefficient (Wildman–Crippen LogP) is 1.58. The van der Waals surface area contributed by atoms with E-state index < -0.39 is 0 Å². The van der Waals surface area contributed by atoms with Gasteiger partial charge in [0.1, 0.15) is 5.75 Å². The van der Waals surface area contributed by atoms with E-state index in [0.29, 0.717) is 0 Å². The molecule has 4 nitrogen and oxygen atoms in total. The molecule has 0 aliphatic carbocycles. The molecule has 0 N–H and O–H groups in total. The Morgan fingerprint density at radius 2 is 1.93 bits per heavy atom. The highest BCUT2D eigenvalue weighted by atomic mass is 16.5. The van der Waals surface area contributed by atoms with Gasteiger partial charge in [-0.25, -0.2) is 4.68 Å². The molecule has 0 amide bonds. The molecule has 0 aliphatic rings. The lowest BCUT2D eigenvalue weighted by molar-refractivity contribution is 0.414. The summed E-state index contributed by atoms with van der Waals surface area (Å²) in [5.41, 5.74) is 2.00. The van der Waals surface area contributed by atoms with Gasteiger partial charge in [-0.15, -0.1) is 5.10 Å². The van der Waals surface area contributed by atoms with Crippen molar-refractivity contribution in [3.8, 4) is 11.4 Å². The van der Waals surface area contributed by atoms with Crippen molar-refractivity contribution in [2.45, 2.75) is 6.92 Å². The summed E-state index contributed by atoms with van der Waals surface area (Å²) >= 11 is 0. The van der Waals surface area contributed by atoms with E-state index >= 15 is 0 Å². The van der Waals surface area contributed by atoms with Crippen molar-refractivity contribution >= 4 is 0 Å². The van der Waals surface area contributed by atoms with Gasteiger partial charge in [-0.3, -0.25) is 0 Å². The molecule has 1 heterocycles. The van der Waals surface area contributed by atoms with E-state index in [2.05, 4.69) is 10.3 Å². The number of hydrogen-bond acceptors (Lipinski definition) is 3. The van der Waals surface area contributed by atoms with Gasteiger partial charge >= 0.3 is 0 Å². The number of rotatable bonds is 2. The third-order valence-corrected chi connectivity index (χ3v) is 2.04. The van der Waals surface area contributed by atoms with Gasteiger partial charge in [0, 0.05) is 0 Å². The van der Waals surface area contributed by atoms with Crippen LogP contribution in [0.15, 0.2) is 30.5 Å². The van der Waals surface area contributed by atoms with Crippen molar-refractivity contribution in [2.24, 2.45) is 0 Å². The van der Waals surface area contributed by atoms with E-state index in [-0.39, 0.29) is 0 Å². The summed E-state index contributed by atoms with van der Waals surface area (Å²) in [5, 5.41) is 7.79. The summed E-state index contributed by atoms with van der Waals surface area (Å²) in [7, 11) is 1.65. The van der Waals surface area contributed by atoms with Gasteiger partial charge in [0.05, 0.1) is 24.7 Å². The first-order valence-electron chi connectivity index (χ1n) is 4.33. The highest BCUT2D eigenvalue weighted by molar-refractivity contribution is 5.37. The van der Waals surface area contributed by atoms with Crippen molar-refractivity contribution in [3.63, 3.8) is 0 Å². The average molecular weight is 189 g/mol. The molecule has 0 bridgehead atoms. The smallest absolute Gasteiger partial charge is 0.119 e. The summed E-state index contributed by atoms with van der Waals surface area (Å²) in [6.07, 6.45) is 1.73. The van der Waals surface area contributed by atoms with Crippen LogP contribution in [0.4, 0.5) is 0 Å². The van der Waals surface area contributed by atoms with Crippen LogP contribution >= 0.6 is 0 Å². The zero-order valence-electron chi connectivity index (χ0n) is 8.14. The van der Waals surface area contributed by atoms with Crippen molar-refractivity contribution < 1.29 is 4.74 Å². The minimum absolute atomic E-state index is 0.839. The molecule has 0 saturated heterocycles. The number of ether oxygens (including phenoxy) is 1. The van der Waals surface area contributed by atoms with Crippen molar-refractivity contribution in [2.75, 3.05) is 7.11 Å². The highest BCUT2D eigenvalue weighted by Gasteiger charge is 2.01. The van der Waals surface area contributed by atoms with Crippen LogP contribution in [0.25, 0.3) is 5.69 Å². The van der Waals surface area contributed by atoms with Crippen LogP contribution in [-0.2, 0) is 0 Å². The van der Waals surface area contributed by atoms with E-state index in [9.17, 15) is 0 Å². The summed E-state index contributed by atoms with van der Waals surface area (Å²) < 4.78 is 6.85. The lowest BCUT2D eigenvalue weighted by Crippen LogP contribution is -1.98. The molecule has 2 rings (SSSR count). The fourth-order valence-corrected chi connectivity index (χ4v) is 1.26. The second-order valence-corrected chi connectivity index (χ2v) is 2.99. The van der Waals surface area contributed by atoms with Crippen LogP contribution < -0.4 is 4.74 Å². The average Bonchev–Trinajstić information content (AvgIpc) is 2.65. The normalized spacial score (nSPS) is 10.1. The van der Waals surface area contributed by atoms with Gasteiger partial charge in [0.25, 0.3) is 0 Å². The number of methoxy groups -OCH3 is 1. The Balaban J connectivity index is 2.39. The van der Waals surface area contributed by atoms with Crippen molar-refractivity contribution in [1.82, 2.24) is 15.0 Å². The Morgan fingerprint density at radius 3 is 2.43 bits per heavy atom. The molecule has 14 heavy (non-hydrogen) atoms. The molecule has 1 aromatic heterocycles.